The highest BCUT2D eigenvalue weighted by molar-refractivity contribution is 5.92. The molecule has 126 valence electrons. The Bertz CT molecular complexity index is 907. The number of methoxy groups -OCH3 is 1. The first-order chi connectivity index (χ1) is 12.1. The van der Waals surface area contributed by atoms with E-state index in [1.165, 1.54) is 36.6 Å². The Morgan fingerprint density at radius 3 is 2.48 bits per heavy atom. The molecule has 0 aliphatic carbocycles. The molecule has 0 amide bonds. The van der Waals surface area contributed by atoms with E-state index in [4.69, 9.17) is 9.47 Å². The van der Waals surface area contributed by atoms with Gasteiger partial charge in [-0.25, -0.2) is 14.5 Å². The SMILES string of the molecule is COc1ccc(OC(=O)c2ccc(-n3cncn3)c([N+](=O)[O-])c2)cc1. The van der Waals surface area contributed by atoms with E-state index < -0.39 is 10.9 Å². The number of esters is 1. The van der Waals surface area contributed by atoms with Crippen molar-refractivity contribution in [2.24, 2.45) is 0 Å². The minimum Gasteiger partial charge on any atom is -0.497 e. The molecule has 9 nitrogen and oxygen atoms in total. The second-order valence-electron chi connectivity index (χ2n) is 4.87. The van der Waals surface area contributed by atoms with Gasteiger partial charge in [-0.1, -0.05) is 0 Å². The van der Waals surface area contributed by atoms with Crippen LogP contribution >= 0.6 is 0 Å². The monoisotopic (exact) mass is 340 g/mol. The summed E-state index contributed by atoms with van der Waals surface area (Å²) in [6.07, 6.45) is 2.59. The Morgan fingerprint density at radius 1 is 1.16 bits per heavy atom. The van der Waals surface area contributed by atoms with E-state index >= 15 is 0 Å². The van der Waals surface area contributed by atoms with Crippen molar-refractivity contribution >= 4 is 11.7 Å². The van der Waals surface area contributed by atoms with Gasteiger partial charge in [0.15, 0.2) is 0 Å². The summed E-state index contributed by atoms with van der Waals surface area (Å²) in [6.45, 7) is 0. The first-order valence-electron chi connectivity index (χ1n) is 7.08. The van der Waals surface area contributed by atoms with Gasteiger partial charge < -0.3 is 9.47 Å². The van der Waals surface area contributed by atoms with Crippen molar-refractivity contribution < 1.29 is 19.2 Å². The third-order valence-electron chi connectivity index (χ3n) is 3.34. The van der Waals surface area contributed by atoms with Crippen molar-refractivity contribution in [3.63, 3.8) is 0 Å². The number of aromatic nitrogens is 3. The number of nitrogens with zero attached hydrogens (tertiary/aromatic N) is 4. The smallest absolute Gasteiger partial charge is 0.343 e. The number of carbonyl (C=O) groups is 1. The van der Waals surface area contributed by atoms with E-state index in [0.29, 0.717) is 11.5 Å². The predicted molar refractivity (Wildman–Crippen MR) is 86.0 cm³/mol. The second-order valence-corrected chi connectivity index (χ2v) is 4.87. The fraction of sp³-hybridized carbons (Fsp3) is 0.0625. The summed E-state index contributed by atoms with van der Waals surface area (Å²) in [5.74, 6) is 0.208. The van der Waals surface area contributed by atoms with Crippen molar-refractivity contribution in [2.45, 2.75) is 0 Å². The van der Waals surface area contributed by atoms with Crippen LogP contribution in [0.3, 0.4) is 0 Å². The van der Waals surface area contributed by atoms with Gasteiger partial charge in [-0.05, 0) is 36.4 Å². The maximum absolute atomic E-state index is 12.2. The predicted octanol–water partition coefficient (Wildman–Crippen LogP) is 2.40. The molecular weight excluding hydrogens is 328 g/mol. The highest BCUT2D eigenvalue weighted by Crippen LogP contribution is 2.25. The molecular formula is C16H12N4O5. The Kier molecular flexibility index (Phi) is 4.38. The van der Waals surface area contributed by atoms with Gasteiger partial charge >= 0.3 is 5.97 Å². The lowest BCUT2D eigenvalue weighted by Crippen LogP contribution is -2.10. The molecule has 1 heterocycles. The van der Waals surface area contributed by atoms with Crippen LogP contribution < -0.4 is 9.47 Å². The summed E-state index contributed by atoms with van der Waals surface area (Å²) in [5, 5.41) is 15.2. The minimum absolute atomic E-state index is 0.0476. The Hall–Kier alpha value is -3.75. The lowest BCUT2D eigenvalue weighted by Gasteiger charge is -2.07. The summed E-state index contributed by atoms with van der Waals surface area (Å²) >= 11 is 0. The van der Waals surface area contributed by atoms with Crippen LogP contribution in [0.25, 0.3) is 5.69 Å². The summed E-state index contributed by atoms with van der Waals surface area (Å²) < 4.78 is 11.5. The third-order valence-corrected chi connectivity index (χ3v) is 3.34. The topological polar surface area (TPSA) is 109 Å². The molecule has 0 fully saturated rings. The highest BCUT2D eigenvalue weighted by atomic mass is 16.6. The average Bonchev–Trinajstić information content (AvgIpc) is 3.16. The summed E-state index contributed by atoms with van der Waals surface area (Å²) in [4.78, 5) is 26.7. The van der Waals surface area contributed by atoms with E-state index in [1.54, 1.807) is 24.3 Å². The zero-order chi connectivity index (χ0) is 17.8. The quantitative estimate of drug-likeness (QED) is 0.303. The molecule has 0 atom stereocenters. The summed E-state index contributed by atoms with van der Waals surface area (Å²) in [5.41, 5.74) is -0.0374. The van der Waals surface area contributed by atoms with Gasteiger partial charge in [-0.3, -0.25) is 10.1 Å². The lowest BCUT2D eigenvalue weighted by atomic mass is 10.1. The Balaban J connectivity index is 1.87. The number of rotatable bonds is 5. The standard InChI is InChI=1S/C16H12N4O5/c1-24-12-3-5-13(6-4-12)25-16(21)11-2-7-14(15(8-11)20(22)23)19-10-17-9-18-19/h2-10H,1H3. The number of carbonyl (C=O) groups excluding carboxylic acids is 1. The van der Waals surface area contributed by atoms with Gasteiger partial charge in [0, 0.05) is 6.07 Å². The molecule has 3 aromatic rings. The van der Waals surface area contributed by atoms with Crippen molar-refractivity contribution in [2.75, 3.05) is 7.11 Å². The molecule has 0 aliphatic rings. The average molecular weight is 340 g/mol. The van der Waals surface area contributed by atoms with Crippen LogP contribution in [-0.2, 0) is 0 Å². The molecule has 3 rings (SSSR count). The van der Waals surface area contributed by atoms with Gasteiger partial charge in [0.25, 0.3) is 5.69 Å². The van der Waals surface area contributed by atoms with Crippen LogP contribution in [0.5, 0.6) is 11.5 Å². The molecule has 25 heavy (non-hydrogen) atoms. The second kappa shape index (κ2) is 6.79. The molecule has 0 unspecified atom stereocenters. The largest absolute Gasteiger partial charge is 0.497 e. The maximum Gasteiger partial charge on any atom is 0.343 e. The van der Waals surface area contributed by atoms with Crippen LogP contribution in [0.1, 0.15) is 10.4 Å². The zero-order valence-corrected chi connectivity index (χ0v) is 13.0. The Labute approximate surface area is 141 Å². The van der Waals surface area contributed by atoms with E-state index in [-0.39, 0.29) is 16.9 Å². The molecule has 0 saturated heterocycles. The number of hydrogen-bond donors (Lipinski definition) is 0. The molecule has 1 aromatic heterocycles. The van der Waals surface area contributed by atoms with Crippen LogP contribution in [0, 0.1) is 10.1 Å². The van der Waals surface area contributed by atoms with Crippen molar-refractivity contribution in [1.82, 2.24) is 14.8 Å². The first-order valence-corrected chi connectivity index (χ1v) is 7.08. The molecule has 0 radical (unpaired) electrons. The maximum atomic E-state index is 12.2. The fourth-order valence-electron chi connectivity index (χ4n) is 2.13. The fourth-order valence-corrected chi connectivity index (χ4v) is 2.13. The van der Waals surface area contributed by atoms with E-state index in [1.807, 2.05) is 0 Å². The van der Waals surface area contributed by atoms with Crippen LogP contribution in [-0.4, -0.2) is 32.8 Å². The van der Waals surface area contributed by atoms with Gasteiger partial charge in [0.05, 0.1) is 17.6 Å². The summed E-state index contributed by atoms with van der Waals surface area (Å²) in [6, 6.07) is 10.4. The normalized spacial score (nSPS) is 10.3. The first kappa shape index (κ1) is 16.1. The molecule has 0 saturated carbocycles. The van der Waals surface area contributed by atoms with Gasteiger partial charge in [-0.15, -0.1) is 0 Å². The molecule has 9 heteroatoms. The molecule has 0 bridgehead atoms. The third kappa shape index (κ3) is 3.44. The lowest BCUT2D eigenvalue weighted by molar-refractivity contribution is -0.384. The van der Waals surface area contributed by atoms with E-state index in [0.717, 1.165) is 6.07 Å². The van der Waals surface area contributed by atoms with E-state index in [2.05, 4.69) is 10.1 Å². The summed E-state index contributed by atoms with van der Waals surface area (Å²) in [7, 11) is 1.52. The molecule has 0 N–H and O–H groups in total. The zero-order valence-electron chi connectivity index (χ0n) is 13.0. The molecule has 0 aliphatic heterocycles. The van der Waals surface area contributed by atoms with Crippen LogP contribution in [0.4, 0.5) is 5.69 Å². The minimum atomic E-state index is -0.710. The number of benzene rings is 2. The van der Waals surface area contributed by atoms with Gasteiger partial charge in [0.1, 0.15) is 29.8 Å². The highest BCUT2D eigenvalue weighted by Gasteiger charge is 2.20. The van der Waals surface area contributed by atoms with Gasteiger partial charge in [0.2, 0.25) is 0 Å². The van der Waals surface area contributed by atoms with Crippen molar-refractivity contribution in [1.29, 1.82) is 0 Å². The van der Waals surface area contributed by atoms with Crippen LogP contribution in [0.15, 0.2) is 55.1 Å². The van der Waals surface area contributed by atoms with Crippen molar-refractivity contribution in [3.8, 4) is 17.2 Å². The Morgan fingerprint density at radius 2 is 1.88 bits per heavy atom. The number of hydrogen-bond acceptors (Lipinski definition) is 7. The molecule has 2 aromatic carbocycles. The van der Waals surface area contributed by atoms with Crippen molar-refractivity contribution in [3.05, 3.63) is 70.8 Å². The number of ether oxygens (including phenoxy) is 2. The van der Waals surface area contributed by atoms with E-state index in [9.17, 15) is 14.9 Å². The number of nitro benzene ring substituents is 1. The molecule has 0 spiro atoms. The number of nitro groups is 1. The van der Waals surface area contributed by atoms with Crippen LogP contribution in [0.2, 0.25) is 0 Å². The van der Waals surface area contributed by atoms with Gasteiger partial charge in [-0.2, -0.15) is 5.10 Å².